The van der Waals surface area contributed by atoms with E-state index in [-0.39, 0.29) is 4.90 Å². The van der Waals surface area contributed by atoms with Crippen LogP contribution in [0.3, 0.4) is 0 Å². The molecule has 0 aromatic heterocycles. The molecule has 1 aliphatic rings. The van der Waals surface area contributed by atoms with Gasteiger partial charge in [0.25, 0.3) is 0 Å². The average Bonchev–Trinajstić information content (AvgIpc) is 3.27. The van der Waals surface area contributed by atoms with E-state index in [2.05, 4.69) is 20.3 Å². The Balaban J connectivity index is 1.75. The summed E-state index contributed by atoms with van der Waals surface area (Å²) in [6, 6.07) is 8.85. The predicted octanol–water partition coefficient (Wildman–Crippen LogP) is 0.292. The van der Waals surface area contributed by atoms with Gasteiger partial charge in [-0.25, -0.2) is 13.1 Å². The molecule has 1 fully saturated rings. The molecule has 0 bridgehead atoms. The summed E-state index contributed by atoms with van der Waals surface area (Å²) in [5.41, 5.74) is 0. The molecule has 7 heteroatoms. The van der Waals surface area contributed by atoms with E-state index in [4.69, 9.17) is 0 Å². The van der Waals surface area contributed by atoms with Crippen LogP contribution >= 0.6 is 0 Å². The zero-order valence-corrected chi connectivity index (χ0v) is 12.3. The van der Waals surface area contributed by atoms with Crippen molar-refractivity contribution in [1.82, 2.24) is 15.4 Å². The summed E-state index contributed by atoms with van der Waals surface area (Å²) in [5.74, 6) is 0.714. The van der Waals surface area contributed by atoms with Gasteiger partial charge in [-0.2, -0.15) is 0 Å². The Bertz CT molecular complexity index is 553. The molecule has 0 spiro atoms. The Kier molecular flexibility index (Phi) is 4.97. The van der Waals surface area contributed by atoms with Crippen LogP contribution in [-0.4, -0.2) is 40.6 Å². The molecule has 0 unspecified atom stereocenters. The van der Waals surface area contributed by atoms with Crippen molar-refractivity contribution >= 4 is 16.0 Å². The highest BCUT2D eigenvalue weighted by molar-refractivity contribution is 7.89. The van der Waals surface area contributed by atoms with Crippen LogP contribution in [0.25, 0.3) is 0 Å². The second-order valence-electron chi connectivity index (χ2n) is 4.63. The highest BCUT2D eigenvalue weighted by Gasteiger charge is 2.22. The highest BCUT2D eigenvalue weighted by atomic mass is 32.2. The molecule has 0 heterocycles. The molecule has 0 atom stereocenters. The summed E-state index contributed by atoms with van der Waals surface area (Å²) in [5, 5.41) is 6.31. The van der Waals surface area contributed by atoms with Gasteiger partial charge in [-0.05, 0) is 25.0 Å². The molecular weight excluding hydrogens is 276 g/mol. The summed E-state index contributed by atoms with van der Waals surface area (Å²) in [7, 11) is -1.73. The lowest BCUT2D eigenvalue weighted by molar-refractivity contribution is 0.580. The quantitative estimate of drug-likeness (QED) is 0.400. The number of nitrogens with zero attached hydrogens (tertiary/aromatic N) is 1. The molecule has 1 aliphatic carbocycles. The normalized spacial score (nSPS) is 15.9. The van der Waals surface area contributed by atoms with E-state index >= 15 is 0 Å². The van der Waals surface area contributed by atoms with E-state index in [1.807, 2.05) is 0 Å². The molecule has 0 aliphatic heterocycles. The minimum Gasteiger partial charge on any atom is -0.355 e. The second-order valence-corrected chi connectivity index (χ2v) is 6.40. The Morgan fingerprint density at radius 1 is 1.25 bits per heavy atom. The van der Waals surface area contributed by atoms with Gasteiger partial charge in [0.2, 0.25) is 10.0 Å². The number of hydrogen-bond acceptors (Lipinski definition) is 3. The maximum atomic E-state index is 11.9. The largest absolute Gasteiger partial charge is 0.355 e. The number of guanidine groups is 1. The van der Waals surface area contributed by atoms with Crippen molar-refractivity contribution in [3.8, 4) is 0 Å². The van der Waals surface area contributed by atoms with Gasteiger partial charge in [0, 0.05) is 26.2 Å². The van der Waals surface area contributed by atoms with Crippen molar-refractivity contribution in [1.29, 1.82) is 0 Å². The molecule has 1 saturated carbocycles. The number of aliphatic imine (C=N–C) groups is 1. The lowest BCUT2D eigenvalue weighted by Crippen LogP contribution is -2.42. The summed E-state index contributed by atoms with van der Waals surface area (Å²) >= 11 is 0. The molecule has 20 heavy (non-hydrogen) atoms. The van der Waals surface area contributed by atoms with Crippen LogP contribution in [-0.2, 0) is 10.0 Å². The Hall–Kier alpha value is -1.60. The van der Waals surface area contributed by atoms with Crippen LogP contribution in [0.5, 0.6) is 0 Å². The van der Waals surface area contributed by atoms with E-state index in [0.717, 1.165) is 0 Å². The Morgan fingerprint density at radius 3 is 2.55 bits per heavy atom. The van der Waals surface area contributed by atoms with Crippen molar-refractivity contribution in [2.24, 2.45) is 4.99 Å². The van der Waals surface area contributed by atoms with Gasteiger partial charge in [-0.3, -0.25) is 4.99 Å². The maximum Gasteiger partial charge on any atom is 0.240 e. The van der Waals surface area contributed by atoms with E-state index in [1.165, 1.54) is 12.8 Å². The summed E-state index contributed by atoms with van der Waals surface area (Å²) < 4.78 is 26.4. The number of hydrogen-bond donors (Lipinski definition) is 3. The van der Waals surface area contributed by atoms with Gasteiger partial charge in [0.1, 0.15) is 0 Å². The van der Waals surface area contributed by atoms with Crippen molar-refractivity contribution in [3.05, 3.63) is 30.3 Å². The second kappa shape index (κ2) is 6.71. The van der Waals surface area contributed by atoms with E-state index in [0.29, 0.717) is 25.1 Å². The smallest absolute Gasteiger partial charge is 0.240 e. The molecular formula is C13H20N4O2S. The predicted molar refractivity (Wildman–Crippen MR) is 79.1 cm³/mol. The first-order valence-electron chi connectivity index (χ1n) is 6.64. The third kappa shape index (κ3) is 4.50. The van der Waals surface area contributed by atoms with Crippen LogP contribution in [0.1, 0.15) is 12.8 Å². The monoisotopic (exact) mass is 296 g/mol. The molecule has 110 valence electrons. The molecule has 0 radical (unpaired) electrons. The van der Waals surface area contributed by atoms with E-state index in [9.17, 15) is 8.42 Å². The summed E-state index contributed by atoms with van der Waals surface area (Å²) in [6.45, 7) is 0.793. The number of nitrogens with one attached hydrogen (secondary N) is 3. The molecule has 1 aromatic carbocycles. The zero-order chi connectivity index (χ0) is 14.4. The van der Waals surface area contributed by atoms with Crippen LogP contribution < -0.4 is 15.4 Å². The molecule has 2 rings (SSSR count). The van der Waals surface area contributed by atoms with Crippen LogP contribution in [0.2, 0.25) is 0 Å². The molecule has 6 nitrogen and oxygen atoms in total. The van der Waals surface area contributed by atoms with Gasteiger partial charge < -0.3 is 10.6 Å². The minimum atomic E-state index is -3.43. The lowest BCUT2D eigenvalue weighted by atomic mass is 10.4. The first kappa shape index (κ1) is 14.8. The average molecular weight is 296 g/mol. The van der Waals surface area contributed by atoms with Crippen LogP contribution in [0, 0.1) is 0 Å². The molecule has 1 aromatic rings. The highest BCUT2D eigenvalue weighted by Crippen LogP contribution is 2.18. The van der Waals surface area contributed by atoms with E-state index in [1.54, 1.807) is 37.4 Å². The van der Waals surface area contributed by atoms with Crippen molar-refractivity contribution in [3.63, 3.8) is 0 Å². The SMILES string of the molecule is CN=C(NCCNS(=O)(=O)c1ccccc1)NC1CC1. The van der Waals surface area contributed by atoms with Crippen molar-refractivity contribution < 1.29 is 8.42 Å². The lowest BCUT2D eigenvalue weighted by Gasteiger charge is -2.11. The Morgan fingerprint density at radius 2 is 1.95 bits per heavy atom. The fourth-order valence-electron chi connectivity index (χ4n) is 1.66. The molecule has 0 amide bonds. The maximum absolute atomic E-state index is 11.9. The van der Waals surface area contributed by atoms with Gasteiger partial charge >= 0.3 is 0 Å². The third-order valence-corrected chi connectivity index (χ3v) is 4.38. The zero-order valence-electron chi connectivity index (χ0n) is 11.5. The number of rotatable bonds is 6. The number of sulfonamides is 1. The van der Waals surface area contributed by atoms with Gasteiger partial charge in [-0.15, -0.1) is 0 Å². The first-order chi connectivity index (χ1) is 9.62. The fraction of sp³-hybridized carbons (Fsp3) is 0.462. The molecule has 3 N–H and O–H groups in total. The van der Waals surface area contributed by atoms with Gasteiger partial charge in [0.15, 0.2) is 5.96 Å². The minimum absolute atomic E-state index is 0.278. The Labute approximate surface area is 119 Å². The van der Waals surface area contributed by atoms with E-state index < -0.39 is 10.0 Å². The van der Waals surface area contributed by atoms with Crippen molar-refractivity contribution in [2.75, 3.05) is 20.1 Å². The standard InChI is InChI=1S/C13H20N4O2S/c1-14-13(17-11-7-8-11)15-9-10-16-20(18,19)12-5-3-2-4-6-12/h2-6,11,16H,7-10H2,1H3,(H2,14,15,17). The van der Waals surface area contributed by atoms with Crippen molar-refractivity contribution in [2.45, 2.75) is 23.8 Å². The summed E-state index contributed by atoms with van der Waals surface area (Å²) in [6.07, 6.45) is 2.34. The topological polar surface area (TPSA) is 82.6 Å². The first-order valence-corrected chi connectivity index (χ1v) is 8.12. The van der Waals surface area contributed by atoms with Crippen LogP contribution in [0.15, 0.2) is 40.2 Å². The summed E-state index contributed by atoms with van der Waals surface area (Å²) in [4.78, 5) is 4.36. The fourth-order valence-corrected chi connectivity index (χ4v) is 2.72. The third-order valence-electron chi connectivity index (χ3n) is 2.90. The van der Waals surface area contributed by atoms with Gasteiger partial charge in [0.05, 0.1) is 4.90 Å². The molecule has 0 saturated heterocycles. The van der Waals surface area contributed by atoms with Crippen LogP contribution in [0.4, 0.5) is 0 Å². The number of benzene rings is 1. The van der Waals surface area contributed by atoms with Gasteiger partial charge in [-0.1, -0.05) is 18.2 Å².